The summed E-state index contributed by atoms with van der Waals surface area (Å²) in [6.07, 6.45) is 0.279. The number of esters is 1. The lowest BCUT2D eigenvalue weighted by atomic mass is 10.0. The largest absolute Gasteiger partial charge is 0.453 e. The summed E-state index contributed by atoms with van der Waals surface area (Å²) in [6, 6.07) is 13.0. The van der Waals surface area contributed by atoms with Crippen molar-refractivity contribution in [2.24, 2.45) is 0 Å². The number of carbonyl (C=O) groups excluding carboxylic acids is 2. The Balaban J connectivity index is 1.87. The molecule has 1 heterocycles. The minimum atomic E-state index is -4.04. The van der Waals surface area contributed by atoms with Crippen LogP contribution in [0.15, 0.2) is 66.1 Å². The molecule has 0 saturated carbocycles. The summed E-state index contributed by atoms with van der Waals surface area (Å²) in [5, 5.41) is 0. The van der Waals surface area contributed by atoms with Crippen LogP contribution in [0.4, 0.5) is 0 Å². The SMILES string of the molecule is C=CCN(C(=O)CC1OC(=O)c2ccccc21)S(=O)(=O)c1ccc(C)cc1. The number of hydrogen-bond donors (Lipinski definition) is 0. The first-order valence-electron chi connectivity index (χ1n) is 8.37. The van der Waals surface area contributed by atoms with Crippen LogP contribution in [0.2, 0.25) is 0 Å². The van der Waals surface area contributed by atoms with E-state index in [1.165, 1.54) is 18.2 Å². The number of amides is 1. The fourth-order valence-corrected chi connectivity index (χ4v) is 4.30. The molecule has 1 aliphatic rings. The molecule has 1 unspecified atom stereocenters. The standard InChI is InChI=1S/C20H19NO5S/c1-3-12-21(27(24,25)15-10-8-14(2)9-11-15)19(22)13-18-16-6-4-5-7-17(16)20(23)26-18/h3-11,18H,1,12-13H2,2H3. The van der Waals surface area contributed by atoms with E-state index < -0.39 is 28.0 Å². The van der Waals surface area contributed by atoms with Crippen LogP contribution in [0.25, 0.3) is 0 Å². The second-order valence-corrected chi connectivity index (χ2v) is 8.08. The van der Waals surface area contributed by atoms with E-state index in [4.69, 9.17) is 4.74 Å². The number of carbonyl (C=O) groups is 2. The fourth-order valence-electron chi connectivity index (χ4n) is 2.92. The van der Waals surface area contributed by atoms with Crippen molar-refractivity contribution >= 4 is 21.9 Å². The number of benzene rings is 2. The van der Waals surface area contributed by atoms with Crippen LogP contribution >= 0.6 is 0 Å². The molecule has 7 heteroatoms. The van der Waals surface area contributed by atoms with Crippen molar-refractivity contribution in [2.45, 2.75) is 24.3 Å². The van der Waals surface area contributed by atoms with Crippen LogP contribution in [0.3, 0.4) is 0 Å². The van der Waals surface area contributed by atoms with Crippen molar-refractivity contribution in [3.05, 3.63) is 77.9 Å². The minimum absolute atomic E-state index is 0.0205. The molecule has 0 aromatic heterocycles. The number of sulfonamides is 1. The van der Waals surface area contributed by atoms with Gasteiger partial charge in [-0.05, 0) is 25.1 Å². The first-order chi connectivity index (χ1) is 12.8. The third-order valence-corrected chi connectivity index (χ3v) is 6.12. The topological polar surface area (TPSA) is 80.8 Å². The number of rotatable bonds is 6. The molecule has 27 heavy (non-hydrogen) atoms. The van der Waals surface area contributed by atoms with E-state index in [9.17, 15) is 18.0 Å². The number of hydrogen-bond acceptors (Lipinski definition) is 5. The van der Waals surface area contributed by atoms with Gasteiger partial charge in [-0.2, -0.15) is 0 Å². The molecule has 0 radical (unpaired) electrons. The molecule has 0 fully saturated rings. The van der Waals surface area contributed by atoms with E-state index in [0.29, 0.717) is 11.1 Å². The van der Waals surface area contributed by atoms with Gasteiger partial charge in [-0.3, -0.25) is 4.79 Å². The summed E-state index contributed by atoms with van der Waals surface area (Å²) in [5.74, 6) is -1.18. The molecule has 1 amide bonds. The van der Waals surface area contributed by atoms with Crippen molar-refractivity contribution in [3.8, 4) is 0 Å². The highest BCUT2D eigenvalue weighted by atomic mass is 32.2. The van der Waals surface area contributed by atoms with Crippen LogP contribution in [-0.2, 0) is 19.6 Å². The highest BCUT2D eigenvalue weighted by molar-refractivity contribution is 7.89. The summed E-state index contributed by atoms with van der Waals surface area (Å²) in [7, 11) is -4.04. The highest BCUT2D eigenvalue weighted by Crippen LogP contribution is 2.33. The van der Waals surface area contributed by atoms with Gasteiger partial charge in [-0.25, -0.2) is 17.5 Å². The van der Waals surface area contributed by atoms with Gasteiger partial charge in [0.2, 0.25) is 5.91 Å². The van der Waals surface area contributed by atoms with Gasteiger partial charge >= 0.3 is 5.97 Å². The van der Waals surface area contributed by atoms with Crippen LogP contribution in [0.5, 0.6) is 0 Å². The molecule has 0 aliphatic carbocycles. The van der Waals surface area contributed by atoms with Crippen molar-refractivity contribution < 1.29 is 22.7 Å². The Morgan fingerprint density at radius 1 is 1.19 bits per heavy atom. The van der Waals surface area contributed by atoms with Gasteiger partial charge in [-0.15, -0.1) is 6.58 Å². The Morgan fingerprint density at radius 2 is 1.85 bits per heavy atom. The van der Waals surface area contributed by atoms with Crippen LogP contribution in [0, 0.1) is 6.92 Å². The number of fused-ring (bicyclic) bond motifs is 1. The molecule has 2 aromatic carbocycles. The van der Waals surface area contributed by atoms with Crippen molar-refractivity contribution in [2.75, 3.05) is 6.54 Å². The van der Waals surface area contributed by atoms with E-state index in [1.54, 1.807) is 36.4 Å². The molecule has 6 nitrogen and oxygen atoms in total. The van der Waals surface area contributed by atoms with Crippen LogP contribution < -0.4 is 0 Å². The summed E-state index contributed by atoms with van der Waals surface area (Å²) in [6.45, 7) is 5.21. The average Bonchev–Trinajstić information content (AvgIpc) is 2.96. The predicted molar refractivity (Wildman–Crippen MR) is 99.5 cm³/mol. The maximum absolute atomic E-state index is 12.9. The second kappa shape index (κ2) is 7.36. The fraction of sp³-hybridized carbons (Fsp3) is 0.200. The third-order valence-electron chi connectivity index (χ3n) is 4.32. The molecule has 1 aliphatic heterocycles. The monoisotopic (exact) mass is 385 g/mol. The van der Waals surface area contributed by atoms with E-state index in [-0.39, 0.29) is 17.9 Å². The first kappa shape index (κ1) is 18.8. The van der Waals surface area contributed by atoms with Crippen molar-refractivity contribution in [1.29, 1.82) is 0 Å². The molecular weight excluding hydrogens is 366 g/mol. The molecule has 140 valence electrons. The number of aryl methyl sites for hydroxylation is 1. The Hall–Kier alpha value is -2.93. The summed E-state index contributed by atoms with van der Waals surface area (Å²) < 4.78 is 31.8. The van der Waals surface area contributed by atoms with E-state index in [0.717, 1.165) is 9.87 Å². The molecule has 2 aromatic rings. The van der Waals surface area contributed by atoms with E-state index in [1.807, 2.05) is 6.92 Å². The Morgan fingerprint density at radius 3 is 2.52 bits per heavy atom. The zero-order chi connectivity index (χ0) is 19.6. The third kappa shape index (κ3) is 3.64. The molecule has 1 atom stereocenters. The van der Waals surface area contributed by atoms with Crippen LogP contribution in [-0.4, -0.2) is 31.1 Å². The summed E-state index contributed by atoms with van der Waals surface area (Å²) in [4.78, 5) is 24.7. The van der Waals surface area contributed by atoms with Crippen LogP contribution in [0.1, 0.15) is 34.0 Å². The zero-order valence-electron chi connectivity index (χ0n) is 14.8. The normalized spacial score (nSPS) is 15.7. The zero-order valence-corrected chi connectivity index (χ0v) is 15.6. The minimum Gasteiger partial charge on any atom is -0.453 e. The maximum atomic E-state index is 12.9. The lowest BCUT2D eigenvalue weighted by Gasteiger charge is -2.22. The lowest BCUT2D eigenvalue weighted by molar-refractivity contribution is -0.128. The first-order valence-corrected chi connectivity index (χ1v) is 9.81. The smallest absolute Gasteiger partial charge is 0.339 e. The molecule has 0 saturated heterocycles. The Kier molecular flexibility index (Phi) is 5.14. The molecule has 0 N–H and O–H groups in total. The molecular formula is C20H19NO5S. The summed E-state index contributed by atoms with van der Waals surface area (Å²) in [5.41, 5.74) is 1.89. The van der Waals surface area contributed by atoms with Crippen molar-refractivity contribution in [3.63, 3.8) is 0 Å². The van der Waals surface area contributed by atoms with Gasteiger partial charge in [0.15, 0.2) is 0 Å². The molecule has 3 rings (SSSR count). The Labute approximate surface area is 158 Å². The van der Waals surface area contributed by atoms with Crippen molar-refractivity contribution in [1.82, 2.24) is 4.31 Å². The summed E-state index contributed by atoms with van der Waals surface area (Å²) >= 11 is 0. The van der Waals surface area contributed by atoms with Gasteiger partial charge in [0.25, 0.3) is 10.0 Å². The van der Waals surface area contributed by atoms with Gasteiger partial charge in [0.05, 0.1) is 23.4 Å². The quantitative estimate of drug-likeness (QED) is 0.564. The van der Waals surface area contributed by atoms with Gasteiger partial charge in [0.1, 0.15) is 6.10 Å². The number of ether oxygens (including phenoxy) is 1. The second-order valence-electron chi connectivity index (χ2n) is 6.22. The van der Waals surface area contributed by atoms with Gasteiger partial charge in [-0.1, -0.05) is 42.0 Å². The number of cyclic esters (lactones) is 1. The predicted octanol–water partition coefficient (Wildman–Crippen LogP) is 3.00. The van der Waals surface area contributed by atoms with Gasteiger partial charge < -0.3 is 4.74 Å². The molecule has 0 bridgehead atoms. The maximum Gasteiger partial charge on any atom is 0.339 e. The Bertz CT molecular complexity index is 995. The van der Waals surface area contributed by atoms with E-state index in [2.05, 4.69) is 6.58 Å². The highest BCUT2D eigenvalue weighted by Gasteiger charge is 2.36. The number of nitrogens with zero attached hydrogens (tertiary/aromatic N) is 1. The average molecular weight is 385 g/mol. The van der Waals surface area contributed by atoms with Gasteiger partial charge in [0, 0.05) is 5.56 Å². The van der Waals surface area contributed by atoms with E-state index >= 15 is 0 Å². The molecule has 0 spiro atoms. The lowest BCUT2D eigenvalue weighted by Crippen LogP contribution is -2.37.